The summed E-state index contributed by atoms with van der Waals surface area (Å²) in [5.74, 6) is -1.16. The summed E-state index contributed by atoms with van der Waals surface area (Å²) in [4.78, 5) is 0. The van der Waals surface area contributed by atoms with Gasteiger partial charge in [0.15, 0.2) is 0 Å². The molecule has 106 valence electrons. The highest BCUT2D eigenvalue weighted by atomic mass is 79.9. The molecule has 2 aromatic rings. The number of nitrogens with one attached hydrogen (secondary N) is 1. The van der Waals surface area contributed by atoms with Crippen LogP contribution in [0.25, 0.3) is 0 Å². The van der Waals surface area contributed by atoms with Crippen molar-refractivity contribution in [2.45, 2.75) is 13.0 Å². The Balaban J connectivity index is 2.47. The van der Waals surface area contributed by atoms with Gasteiger partial charge in [-0.3, -0.25) is 0 Å². The van der Waals surface area contributed by atoms with Gasteiger partial charge in [0.2, 0.25) is 0 Å². The largest absolute Gasteiger partial charge is 0.306 e. The van der Waals surface area contributed by atoms with E-state index >= 15 is 0 Å². The molecule has 0 bridgehead atoms. The predicted octanol–water partition coefficient (Wildman–Crippen LogP) is 5.08. The quantitative estimate of drug-likeness (QED) is 0.802. The van der Waals surface area contributed by atoms with Gasteiger partial charge in [0.05, 0.1) is 11.1 Å². The van der Waals surface area contributed by atoms with Gasteiger partial charge in [-0.2, -0.15) is 0 Å². The van der Waals surface area contributed by atoms with Gasteiger partial charge in [-0.25, -0.2) is 8.78 Å². The van der Waals surface area contributed by atoms with Gasteiger partial charge in [-0.1, -0.05) is 30.7 Å². The molecule has 0 aromatic heterocycles. The molecule has 0 aliphatic heterocycles. The lowest BCUT2D eigenvalue weighted by molar-refractivity contribution is 0.541. The van der Waals surface area contributed by atoms with Crippen molar-refractivity contribution in [2.24, 2.45) is 0 Å². The zero-order valence-electron chi connectivity index (χ0n) is 10.8. The maximum atomic E-state index is 14.0. The molecule has 0 heterocycles. The van der Waals surface area contributed by atoms with Crippen LogP contribution in [0.3, 0.4) is 0 Å². The smallest absolute Gasteiger partial charge is 0.131 e. The Kier molecular flexibility index (Phi) is 5.13. The molecule has 5 heteroatoms. The molecule has 0 aliphatic carbocycles. The summed E-state index contributed by atoms with van der Waals surface area (Å²) >= 11 is 9.40. The zero-order chi connectivity index (χ0) is 14.7. The molecule has 0 saturated heterocycles. The fourth-order valence-electron chi connectivity index (χ4n) is 2.04. The number of hydrogen-bond donors (Lipinski definition) is 1. The molecule has 1 unspecified atom stereocenters. The van der Waals surface area contributed by atoms with E-state index in [1.54, 1.807) is 6.07 Å². The van der Waals surface area contributed by atoms with E-state index in [1.807, 2.05) is 19.1 Å². The summed E-state index contributed by atoms with van der Waals surface area (Å²) in [7, 11) is 0. The fourth-order valence-corrected chi connectivity index (χ4v) is 2.47. The monoisotopic (exact) mass is 359 g/mol. The lowest BCUT2D eigenvalue weighted by Gasteiger charge is -2.20. The van der Waals surface area contributed by atoms with Crippen molar-refractivity contribution in [3.8, 4) is 0 Å². The minimum Gasteiger partial charge on any atom is -0.306 e. The molecular weight excluding hydrogens is 348 g/mol. The van der Waals surface area contributed by atoms with Crippen molar-refractivity contribution >= 4 is 27.5 Å². The topological polar surface area (TPSA) is 12.0 Å². The van der Waals surface area contributed by atoms with Gasteiger partial charge in [-0.15, -0.1) is 0 Å². The Morgan fingerprint density at radius 2 is 1.95 bits per heavy atom. The van der Waals surface area contributed by atoms with E-state index in [-0.39, 0.29) is 6.04 Å². The van der Waals surface area contributed by atoms with Gasteiger partial charge in [0.1, 0.15) is 11.6 Å². The molecule has 1 nitrogen and oxygen atoms in total. The van der Waals surface area contributed by atoms with Gasteiger partial charge in [0.25, 0.3) is 0 Å². The Morgan fingerprint density at radius 3 is 2.55 bits per heavy atom. The van der Waals surface area contributed by atoms with Gasteiger partial charge < -0.3 is 5.32 Å². The number of hydrogen-bond acceptors (Lipinski definition) is 1. The molecule has 0 aliphatic rings. The third-order valence-corrected chi connectivity index (χ3v) is 4.19. The number of benzene rings is 2. The third kappa shape index (κ3) is 3.37. The highest BCUT2D eigenvalue weighted by Gasteiger charge is 2.18. The summed E-state index contributed by atoms with van der Waals surface area (Å²) < 4.78 is 27.8. The van der Waals surface area contributed by atoms with E-state index in [2.05, 4.69) is 21.2 Å². The molecule has 0 saturated carbocycles. The molecule has 0 amide bonds. The van der Waals surface area contributed by atoms with E-state index in [9.17, 15) is 8.78 Å². The van der Waals surface area contributed by atoms with Crippen LogP contribution in [-0.2, 0) is 0 Å². The Bertz CT molecular complexity index is 619. The first-order valence-corrected chi connectivity index (χ1v) is 7.33. The van der Waals surface area contributed by atoms with Crippen LogP contribution in [0.4, 0.5) is 8.78 Å². The SMILES string of the molecule is CCNC(c1ccc(Br)c(Cl)c1)c1ccc(F)cc1F. The Morgan fingerprint density at radius 1 is 1.20 bits per heavy atom. The van der Waals surface area contributed by atoms with Crippen LogP contribution in [0.1, 0.15) is 24.1 Å². The molecule has 2 aromatic carbocycles. The summed E-state index contributed by atoms with van der Waals surface area (Å²) in [5, 5.41) is 3.73. The lowest BCUT2D eigenvalue weighted by atomic mass is 9.98. The second-order valence-corrected chi connectivity index (χ2v) is 5.59. The average Bonchev–Trinajstić information content (AvgIpc) is 2.40. The predicted molar refractivity (Wildman–Crippen MR) is 81.0 cm³/mol. The van der Waals surface area contributed by atoms with E-state index in [1.165, 1.54) is 12.1 Å². The number of rotatable bonds is 4. The molecule has 2 rings (SSSR count). The summed E-state index contributed by atoms with van der Waals surface area (Å²) in [6.45, 7) is 2.57. The molecule has 0 fully saturated rings. The van der Waals surface area contributed by atoms with Crippen LogP contribution in [0.5, 0.6) is 0 Å². The summed E-state index contributed by atoms with van der Waals surface area (Å²) in [5.41, 5.74) is 1.22. The van der Waals surface area contributed by atoms with Gasteiger partial charge >= 0.3 is 0 Å². The first-order chi connectivity index (χ1) is 9.52. The second kappa shape index (κ2) is 6.66. The first-order valence-electron chi connectivity index (χ1n) is 6.16. The van der Waals surface area contributed by atoms with Crippen molar-refractivity contribution in [3.63, 3.8) is 0 Å². The van der Waals surface area contributed by atoms with Crippen molar-refractivity contribution in [1.82, 2.24) is 5.32 Å². The van der Waals surface area contributed by atoms with Crippen LogP contribution in [0.15, 0.2) is 40.9 Å². The summed E-state index contributed by atoms with van der Waals surface area (Å²) in [6, 6.07) is 8.65. The Hall–Kier alpha value is -0.970. The highest BCUT2D eigenvalue weighted by molar-refractivity contribution is 9.10. The number of halogens is 4. The van der Waals surface area contributed by atoms with Crippen molar-refractivity contribution < 1.29 is 8.78 Å². The van der Waals surface area contributed by atoms with E-state index in [0.29, 0.717) is 17.1 Å². The van der Waals surface area contributed by atoms with Crippen LogP contribution in [-0.4, -0.2) is 6.54 Å². The van der Waals surface area contributed by atoms with Crippen LogP contribution < -0.4 is 5.32 Å². The van der Waals surface area contributed by atoms with E-state index in [4.69, 9.17) is 11.6 Å². The molecule has 1 N–H and O–H groups in total. The maximum absolute atomic E-state index is 14.0. The van der Waals surface area contributed by atoms with E-state index < -0.39 is 11.6 Å². The van der Waals surface area contributed by atoms with Crippen LogP contribution >= 0.6 is 27.5 Å². The Labute approximate surface area is 130 Å². The molecule has 0 spiro atoms. The normalized spacial score (nSPS) is 12.4. The molecule has 20 heavy (non-hydrogen) atoms. The highest BCUT2D eigenvalue weighted by Crippen LogP contribution is 2.30. The zero-order valence-corrected chi connectivity index (χ0v) is 13.1. The average molecular weight is 361 g/mol. The van der Waals surface area contributed by atoms with Crippen molar-refractivity contribution in [2.75, 3.05) is 6.54 Å². The summed E-state index contributed by atoms with van der Waals surface area (Å²) in [6.07, 6.45) is 0. The maximum Gasteiger partial charge on any atom is 0.131 e. The van der Waals surface area contributed by atoms with Crippen LogP contribution in [0, 0.1) is 11.6 Å². The van der Waals surface area contributed by atoms with Gasteiger partial charge in [0, 0.05) is 16.1 Å². The molecular formula is C15H13BrClF2N. The lowest BCUT2D eigenvalue weighted by Crippen LogP contribution is -2.23. The molecule has 1 atom stereocenters. The molecule has 0 radical (unpaired) electrons. The van der Waals surface area contributed by atoms with Crippen molar-refractivity contribution in [3.05, 3.63) is 68.7 Å². The van der Waals surface area contributed by atoms with Crippen molar-refractivity contribution in [1.29, 1.82) is 0 Å². The van der Waals surface area contributed by atoms with Crippen LogP contribution in [0.2, 0.25) is 5.02 Å². The fraction of sp³-hybridized carbons (Fsp3) is 0.200. The minimum absolute atomic E-state index is 0.369. The van der Waals surface area contributed by atoms with Gasteiger partial charge in [-0.05, 0) is 46.2 Å². The first kappa shape index (κ1) is 15.4. The standard InChI is InChI=1S/C15H13BrClF2N/c1-2-20-15(9-3-6-12(16)13(17)7-9)11-5-4-10(18)8-14(11)19/h3-8,15,20H,2H2,1H3. The minimum atomic E-state index is -0.588. The van der Waals surface area contributed by atoms with E-state index in [0.717, 1.165) is 16.1 Å². The third-order valence-electron chi connectivity index (χ3n) is 2.96. The second-order valence-electron chi connectivity index (χ2n) is 4.33.